The highest BCUT2D eigenvalue weighted by Crippen LogP contribution is 2.16. The van der Waals surface area contributed by atoms with Gasteiger partial charge in [0.15, 0.2) is 0 Å². The maximum absolute atomic E-state index is 12.1. The number of carbonyl (C=O) groups is 2. The summed E-state index contributed by atoms with van der Waals surface area (Å²) in [4.78, 5) is 23.2. The Hall–Kier alpha value is -1.10. The summed E-state index contributed by atoms with van der Waals surface area (Å²) in [5.41, 5.74) is 0. The standard InChI is InChI=1S/C13H24N2O3/c1-8(2)7-10(13(17)18)15-12(16)11-9(3)5-4-6-14-11/h8-11,14H,4-7H2,1-3H3,(H,15,16)(H,17,18)/t9?,10-,11?/m1/s1. The SMILES string of the molecule is CC(C)C[C@@H](NC(=O)C1NCCCC1C)C(=O)O. The molecule has 3 atom stereocenters. The van der Waals surface area contributed by atoms with Gasteiger partial charge in [0, 0.05) is 0 Å². The number of carboxylic acid groups (broad SMARTS) is 1. The minimum Gasteiger partial charge on any atom is -0.480 e. The average Bonchev–Trinajstić information content (AvgIpc) is 2.27. The molecule has 104 valence electrons. The van der Waals surface area contributed by atoms with Crippen molar-refractivity contribution in [3.05, 3.63) is 0 Å². The molecule has 2 unspecified atom stereocenters. The van der Waals surface area contributed by atoms with Crippen molar-refractivity contribution in [1.29, 1.82) is 0 Å². The van der Waals surface area contributed by atoms with E-state index in [4.69, 9.17) is 5.11 Å². The molecule has 1 fully saturated rings. The van der Waals surface area contributed by atoms with E-state index in [9.17, 15) is 9.59 Å². The maximum atomic E-state index is 12.1. The van der Waals surface area contributed by atoms with Crippen LogP contribution in [0.3, 0.4) is 0 Å². The predicted molar refractivity (Wildman–Crippen MR) is 69.2 cm³/mol. The minimum atomic E-state index is -0.958. The van der Waals surface area contributed by atoms with Gasteiger partial charge in [-0.3, -0.25) is 4.79 Å². The van der Waals surface area contributed by atoms with Gasteiger partial charge in [0.2, 0.25) is 5.91 Å². The molecule has 5 nitrogen and oxygen atoms in total. The molecule has 0 spiro atoms. The summed E-state index contributed by atoms with van der Waals surface area (Å²) in [5, 5.41) is 14.9. The lowest BCUT2D eigenvalue weighted by atomic mass is 9.91. The number of piperidine rings is 1. The molecular formula is C13H24N2O3. The number of carboxylic acids is 1. The molecule has 1 aliphatic heterocycles. The number of amides is 1. The summed E-state index contributed by atoms with van der Waals surface area (Å²) < 4.78 is 0. The Kier molecular flexibility index (Phi) is 5.59. The van der Waals surface area contributed by atoms with Gasteiger partial charge in [-0.15, -0.1) is 0 Å². The van der Waals surface area contributed by atoms with E-state index in [0.29, 0.717) is 6.42 Å². The van der Waals surface area contributed by atoms with Crippen LogP contribution in [0.5, 0.6) is 0 Å². The second-order valence-corrected chi connectivity index (χ2v) is 5.58. The molecule has 0 radical (unpaired) electrons. The Balaban J connectivity index is 2.57. The normalized spacial score (nSPS) is 25.8. The summed E-state index contributed by atoms with van der Waals surface area (Å²) >= 11 is 0. The molecule has 1 aliphatic rings. The molecule has 1 amide bonds. The Morgan fingerprint density at radius 2 is 2.11 bits per heavy atom. The van der Waals surface area contributed by atoms with E-state index >= 15 is 0 Å². The summed E-state index contributed by atoms with van der Waals surface area (Å²) in [6.07, 6.45) is 2.54. The summed E-state index contributed by atoms with van der Waals surface area (Å²) in [6.45, 7) is 6.74. The first-order chi connectivity index (χ1) is 8.41. The third-order valence-electron chi connectivity index (χ3n) is 3.37. The van der Waals surface area contributed by atoms with Crippen molar-refractivity contribution in [2.75, 3.05) is 6.54 Å². The van der Waals surface area contributed by atoms with E-state index in [2.05, 4.69) is 10.6 Å². The molecule has 0 aromatic heterocycles. The van der Waals surface area contributed by atoms with Crippen LogP contribution in [-0.4, -0.2) is 35.6 Å². The van der Waals surface area contributed by atoms with Crippen LogP contribution in [-0.2, 0) is 9.59 Å². The summed E-state index contributed by atoms with van der Waals surface area (Å²) in [7, 11) is 0. The quantitative estimate of drug-likeness (QED) is 0.685. The van der Waals surface area contributed by atoms with Crippen molar-refractivity contribution in [1.82, 2.24) is 10.6 Å². The zero-order valence-electron chi connectivity index (χ0n) is 11.4. The Bertz CT molecular complexity index is 305. The first-order valence-electron chi connectivity index (χ1n) is 6.68. The van der Waals surface area contributed by atoms with E-state index in [-0.39, 0.29) is 23.8 Å². The van der Waals surface area contributed by atoms with E-state index < -0.39 is 12.0 Å². The van der Waals surface area contributed by atoms with Crippen LogP contribution in [0.25, 0.3) is 0 Å². The molecule has 1 heterocycles. The topological polar surface area (TPSA) is 78.4 Å². The summed E-state index contributed by atoms with van der Waals surface area (Å²) in [5.74, 6) is -0.647. The van der Waals surface area contributed by atoms with Gasteiger partial charge in [0.05, 0.1) is 6.04 Å². The monoisotopic (exact) mass is 256 g/mol. The van der Waals surface area contributed by atoms with Crippen molar-refractivity contribution in [2.45, 2.75) is 52.1 Å². The Labute approximate surface area is 108 Å². The number of nitrogens with one attached hydrogen (secondary N) is 2. The van der Waals surface area contributed by atoms with E-state index in [1.165, 1.54) is 0 Å². The zero-order valence-corrected chi connectivity index (χ0v) is 11.4. The highest BCUT2D eigenvalue weighted by Gasteiger charge is 2.30. The van der Waals surface area contributed by atoms with Crippen LogP contribution in [0.2, 0.25) is 0 Å². The van der Waals surface area contributed by atoms with E-state index in [0.717, 1.165) is 19.4 Å². The molecule has 0 saturated carbocycles. The Morgan fingerprint density at radius 1 is 1.44 bits per heavy atom. The van der Waals surface area contributed by atoms with Gasteiger partial charge in [-0.25, -0.2) is 4.79 Å². The van der Waals surface area contributed by atoms with E-state index in [1.807, 2.05) is 20.8 Å². The van der Waals surface area contributed by atoms with Crippen LogP contribution in [0.1, 0.15) is 40.0 Å². The van der Waals surface area contributed by atoms with Gasteiger partial charge in [0.1, 0.15) is 6.04 Å². The summed E-state index contributed by atoms with van der Waals surface area (Å²) in [6, 6.07) is -1.04. The maximum Gasteiger partial charge on any atom is 0.326 e. The molecule has 5 heteroatoms. The number of hydrogen-bond acceptors (Lipinski definition) is 3. The van der Waals surface area contributed by atoms with Gasteiger partial charge in [-0.2, -0.15) is 0 Å². The van der Waals surface area contributed by atoms with Crippen molar-refractivity contribution in [3.8, 4) is 0 Å². The van der Waals surface area contributed by atoms with Gasteiger partial charge in [-0.05, 0) is 37.6 Å². The van der Waals surface area contributed by atoms with Crippen LogP contribution in [0.15, 0.2) is 0 Å². The molecule has 0 aromatic carbocycles. The Morgan fingerprint density at radius 3 is 2.61 bits per heavy atom. The van der Waals surface area contributed by atoms with Crippen LogP contribution in [0, 0.1) is 11.8 Å². The molecule has 18 heavy (non-hydrogen) atoms. The molecule has 3 N–H and O–H groups in total. The highest BCUT2D eigenvalue weighted by molar-refractivity contribution is 5.87. The lowest BCUT2D eigenvalue weighted by Gasteiger charge is -2.30. The van der Waals surface area contributed by atoms with Crippen LogP contribution in [0.4, 0.5) is 0 Å². The fourth-order valence-corrected chi connectivity index (χ4v) is 2.35. The minimum absolute atomic E-state index is 0.185. The fraction of sp³-hybridized carbons (Fsp3) is 0.846. The first-order valence-corrected chi connectivity index (χ1v) is 6.68. The average molecular weight is 256 g/mol. The zero-order chi connectivity index (χ0) is 13.7. The molecule has 1 rings (SSSR count). The van der Waals surface area contributed by atoms with Crippen molar-refractivity contribution in [3.63, 3.8) is 0 Å². The highest BCUT2D eigenvalue weighted by atomic mass is 16.4. The third kappa shape index (κ3) is 4.29. The lowest BCUT2D eigenvalue weighted by Crippen LogP contribution is -2.54. The lowest BCUT2D eigenvalue weighted by molar-refractivity contribution is -0.142. The second-order valence-electron chi connectivity index (χ2n) is 5.58. The molecular weight excluding hydrogens is 232 g/mol. The number of aliphatic carboxylic acids is 1. The molecule has 0 aliphatic carbocycles. The van der Waals surface area contributed by atoms with Crippen LogP contribution >= 0.6 is 0 Å². The smallest absolute Gasteiger partial charge is 0.326 e. The predicted octanol–water partition coefficient (Wildman–Crippen LogP) is 0.990. The molecule has 0 bridgehead atoms. The van der Waals surface area contributed by atoms with Crippen LogP contribution < -0.4 is 10.6 Å². The molecule has 0 aromatic rings. The van der Waals surface area contributed by atoms with Gasteiger partial charge in [0.25, 0.3) is 0 Å². The number of carbonyl (C=O) groups excluding carboxylic acids is 1. The van der Waals surface area contributed by atoms with Gasteiger partial charge in [-0.1, -0.05) is 20.8 Å². The fourth-order valence-electron chi connectivity index (χ4n) is 2.35. The first kappa shape index (κ1) is 15.0. The van der Waals surface area contributed by atoms with Crippen molar-refractivity contribution < 1.29 is 14.7 Å². The van der Waals surface area contributed by atoms with Gasteiger partial charge < -0.3 is 15.7 Å². The van der Waals surface area contributed by atoms with E-state index in [1.54, 1.807) is 0 Å². The third-order valence-corrected chi connectivity index (χ3v) is 3.37. The largest absolute Gasteiger partial charge is 0.480 e. The number of rotatable bonds is 5. The number of hydrogen-bond donors (Lipinski definition) is 3. The molecule has 1 saturated heterocycles. The van der Waals surface area contributed by atoms with Gasteiger partial charge >= 0.3 is 5.97 Å². The van der Waals surface area contributed by atoms with Crippen molar-refractivity contribution >= 4 is 11.9 Å². The van der Waals surface area contributed by atoms with Crippen molar-refractivity contribution in [2.24, 2.45) is 11.8 Å². The second kappa shape index (κ2) is 6.73.